The molecule has 1 atom stereocenters. The highest BCUT2D eigenvalue weighted by Gasteiger charge is 2.13. The molecule has 0 spiro atoms. The highest BCUT2D eigenvalue weighted by molar-refractivity contribution is 5.89. The molecule has 0 radical (unpaired) electrons. The third-order valence-corrected chi connectivity index (χ3v) is 3.09. The summed E-state index contributed by atoms with van der Waals surface area (Å²) in [6, 6.07) is 6.60. The predicted molar refractivity (Wildman–Crippen MR) is 83.8 cm³/mol. The number of nitrogens with one attached hydrogen (secondary N) is 2. The van der Waals surface area contributed by atoms with Crippen LogP contribution in [0.15, 0.2) is 36.7 Å². The average molecular weight is 303 g/mol. The van der Waals surface area contributed by atoms with Crippen molar-refractivity contribution >= 4 is 11.7 Å². The Hall–Kier alpha value is -2.41. The molecule has 1 heterocycles. The molecule has 0 aliphatic heterocycles. The van der Waals surface area contributed by atoms with Gasteiger partial charge in [-0.3, -0.25) is 0 Å². The number of anilines is 1. The first kappa shape index (κ1) is 16.0. The van der Waals surface area contributed by atoms with E-state index in [1.165, 1.54) is 4.80 Å². The SMILES string of the molecule is CC(C)C[C@H](CO)NC(=O)Nc1ccc(-n2nccn2)cc1. The number of aliphatic hydroxyl groups is 1. The summed E-state index contributed by atoms with van der Waals surface area (Å²) in [6.07, 6.45) is 3.93. The lowest BCUT2D eigenvalue weighted by Gasteiger charge is -2.18. The Labute approximate surface area is 129 Å². The first-order chi connectivity index (χ1) is 10.6. The van der Waals surface area contributed by atoms with Crippen molar-refractivity contribution < 1.29 is 9.90 Å². The maximum absolute atomic E-state index is 11.9. The minimum Gasteiger partial charge on any atom is -0.394 e. The number of urea groups is 1. The first-order valence-electron chi connectivity index (χ1n) is 7.23. The molecule has 2 amide bonds. The predicted octanol–water partition coefficient (Wildman–Crippen LogP) is 1.80. The molecular formula is C15H21N5O2. The van der Waals surface area contributed by atoms with Gasteiger partial charge < -0.3 is 15.7 Å². The molecular weight excluding hydrogens is 282 g/mol. The van der Waals surface area contributed by atoms with Crippen LogP contribution in [0.3, 0.4) is 0 Å². The third-order valence-electron chi connectivity index (χ3n) is 3.09. The molecule has 2 aromatic rings. The summed E-state index contributed by atoms with van der Waals surface area (Å²) in [6.45, 7) is 4.02. The number of amides is 2. The average Bonchev–Trinajstić information content (AvgIpc) is 3.01. The van der Waals surface area contributed by atoms with E-state index in [2.05, 4.69) is 20.8 Å². The Morgan fingerprint density at radius 1 is 1.23 bits per heavy atom. The van der Waals surface area contributed by atoms with Crippen molar-refractivity contribution in [2.24, 2.45) is 5.92 Å². The van der Waals surface area contributed by atoms with Crippen LogP contribution in [0.25, 0.3) is 5.69 Å². The second kappa shape index (κ2) is 7.56. The Morgan fingerprint density at radius 2 is 1.86 bits per heavy atom. The van der Waals surface area contributed by atoms with Crippen LogP contribution in [0.4, 0.5) is 10.5 Å². The van der Waals surface area contributed by atoms with Gasteiger partial charge in [0.25, 0.3) is 0 Å². The van der Waals surface area contributed by atoms with Crippen molar-refractivity contribution in [3.63, 3.8) is 0 Å². The van der Waals surface area contributed by atoms with Crippen LogP contribution in [-0.2, 0) is 0 Å². The van der Waals surface area contributed by atoms with E-state index in [0.29, 0.717) is 11.6 Å². The zero-order valence-electron chi connectivity index (χ0n) is 12.7. The minimum atomic E-state index is -0.329. The van der Waals surface area contributed by atoms with Crippen molar-refractivity contribution in [2.75, 3.05) is 11.9 Å². The first-order valence-corrected chi connectivity index (χ1v) is 7.23. The molecule has 7 nitrogen and oxygen atoms in total. The van der Waals surface area contributed by atoms with Gasteiger partial charge in [0, 0.05) is 5.69 Å². The maximum atomic E-state index is 11.9. The van der Waals surface area contributed by atoms with Gasteiger partial charge in [0.15, 0.2) is 0 Å². The molecule has 0 saturated heterocycles. The van der Waals surface area contributed by atoms with Crippen molar-refractivity contribution in [1.29, 1.82) is 0 Å². The van der Waals surface area contributed by atoms with E-state index in [9.17, 15) is 9.90 Å². The third kappa shape index (κ3) is 4.56. The van der Waals surface area contributed by atoms with E-state index in [1.54, 1.807) is 24.5 Å². The van der Waals surface area contributed by atoms with Gasteiger partial charge in [-0.15, -0.1) is 0 Å². The molecule has 0 aliphatic rings. The molecule has 0 bridgehead atoms. The fourth-order valence-corrected chi connectivity index (χ4v) is 2.13. The Morgan fingerprint density at radius 3 is 2.41 bits per heavy atom. The number of rotatable bonds is 6. The van der Waals surface area contributed by atoms with E-state index in [-0.39, 0.29) is 18.7 Å². The van der Waals surface area contributed by atoms with Gasteiger partial charge in [0.1, 0.15) is 0 Å². The monoisotopic (exact) mass is 303 g/mol. The molecule has 0 saturated carbocycles. The second-order valence-electron chi connectivity index (χ2n) is 5.47. The number of aliphatic hydroxyl groups excluding tert-OH is 1. The summed E-state index contributed by atoms with van der Waals surface area (Å²) >= 11 is 0. The summed E-state index contributed by atoms with van der Waals surface area (Å²) in [5.74, 6) is 0.401. The fraction of sp³-hybridized carbons (Fsp3) is 0.400. The lowest BCUT2D eigenvalue weighted by molar-refractivity contribution is 0.214. The zero-order valence-corrected chi connectivity index (χ0v) is 12.7. The molecule has 1 aromatic heterocycles. The van der Waals surface area contributed by atoms with Crippen LogP contribution < -0.4 is 10.6 Å². The minimum absolute atomic E-state index is 0.0739. The Balaban J connectivity index is 1.91. The number of hydrogen-bond donors (Lipinski definition) is 3. The standard InChI is InChI=1S/C15H21N5O2/c1-11(2)9-13(10-21)19-15(22)18-12-3-5-14(6-4-12)20-16-7-8-17-20/h3-8,11,13,21H,9-10H2,1-2H3,(H2,18,19,22)/t13-/m1/s1. The van der Waals surface area contributed by atoms with Gasteiger partial charge in [-0.05, 0) is 36.6 Å². The lowest BCUT2D eigenvalue weighted by Crippen LogP contribution is -2.40. The molecule has 22 heavy (non-hydrogen) atoms. The van der Waals surface area contributed by atoms with Crippen LogP contribution in [0.2, 0.25) is 0 Å². The van der Waals surface area contributed by atoms with E-state index in [0.717, 1.165) is 12.1 Å². The number of aromatic nitrogens is 3. The molecule has 7 heteroatoms. The normalized spacial score (nSPS) is 12.2. The number of hydrogen-bond acceptors (Lipinski definition) is 4. The number of nitrogens with zero attached hydrogens (tertiary/aromatic N) is 3. The largest absolute Gasteiger partial charge is 0.394 e. The van der Waals surface area contributed by atoms with E-state index < -0.39 is 0 Å². The van der Waals surface area contributed by atoms with Crippen molar-refractivity contribution in [3.05, 3.63) is 36.7 Å². The fourth-order valence-electron chi connectivity index (χ4n) is 2.13. The topological polar surface area (TPSA) is 92.1 Å². The van der Waals surface area contributed by atoms with Gasteiger partial charge in [0.05, 0.1) is 30.7 Å². The molecule has 0 fully saturated rings. The van der Waals surface area contributed by atoms with Crippen LogP contribution >= 0.6 is 0 Å². The Kier molecular flexibility index (Phi) is 5.48. The molecule has 2 rings (SSSR count). The van der Waals surface area contributed by atoms with Crippen LogP contribution in [0.5, 0.6) is 0 Å². The highest BCUT2D eigenvalue weighted by atomic mass is 16.3. The van der Waals surface area contributed by atoms with Crippen LogP contribution in [-0.4, -0.2) is 38.8 Å². The summed E-state index contributed by atoms with van der Waals surface area (Å²) < 4.78 is 0. The second-order valence-corrected chi connectivity index (χ2v) is 5.47. The van der Waals surface area contributed by atoms with Gasteiger partial charge in [-0.2, -0.15) is 15.0 Å². The van der Waals surface area contributed by atoms with Gasteiger partial charge in [-0.1, -0.05) is 13.8 Å². The number of benzene rings is 1. The van der Waals surface area contributed by atoms with Gasteiger partial charge >= 0.3 is 6.03 Å². The molecule has 0 aliphatic carbocycles. The molecule has 118 valence electrons. The highest BCUT2D eigenvalue weighted by Crippen LogP contribution is 2.12. The van der Waals surface area contributed by atoms with E-state index in [1.807, 2.05) is 26.0 Å². The van der Waals surface area contributed by atoms with E-state index >= 15 is 0 Å². The summed E-state index contributed by atoms with van der Waals surface area (Å²) in [4.78, 5) is 13.4. The van der Waals surface area contributed by atoms with Crippen molar-refractivity contribution in [2.45, 2.75) is 26.3 Å². The number of carbonyl (C=O) groups excluding carboxylic acids is 1. The van der Waals surface area contributed by atoms with Crippen LogP contribution in [0.1, 0.15) is 20.3 Å². The number of carbonyl (C=O) groups is 1. The molecule has 3 N–H and O–H groups in total. The van der Waals surface area contributed by atoms with E-state index in [4.69, 9.17) is 0 Å². The summed E-state index contributed by atoms with van der Waals surface area (Å²) in [5, 5.41) is 22.8. The quantitative estimate of drug-likeness (QED) is 0.758. The van der Waals surface area contributed by atoms with Gasteiger partial charge in [0.2, 0.25) is 0 Å². The summed E-state index contributed by atoms with van der Waals surface area (Å²) in [7, 11) is 0. The Bertz CT molecular complexity index is 580. The summed E-state index contributed by atoms with van der Waals surface area (Å²) in [5.41, 5.74) is 1.47. The van der Waals surface area contributed by atoms with Gasteiger partial charge in [-0.25, -0.2) is 4.79 Å². The van der Waals surface area contributed by atoms with Crippen molar-refractivity contribution in [1.82, 2.24) is 20.3 Å². The molecule has 0 unspecified atom stereocenters. The maximum Gasteiger partial charge on any atom is 0.319 e. The smallest absolute Gasteiger partial charge is 0.319 e. The zero-order chi connectivity index (χ0) is 15.9. The van der Waals surface area contributed by atoms with Crippen molar-refractivity contribution in [3.8, 4) is 5.69 Å². The molecule has 1 aromatic carbocycles. The van der Waals surface area contributed by atoms with Crippen LogP contribution in [0, 0.1) is 5.92 Å². The lowest BCUT2D eigenvalue weighted by atomic mass is 10.0.